The molecule has 1 N–H and O–H groups in total. The Balaban J connectivity index is 1.92. The van der Waals surface area contributed by atoms with E-state index < -0.39 is 11.7 Å². The van der Waals surface area contributed by atoms with Gasteiger partial charge >= 0.3 is 6.18 Å². The van der Waals surface area contributed by atoms with E-state index in [9.17, 15) is 22.8 Å². The van der Waals surface area contributed by atoms with Crippen LogP contribution in [0, 0.1) is 11.8 Å². The molecule has 0 aliphatic heterocycles. The smallest absolute Gasteiger partial charge is 0.343 e. The highest BCUT2D eigenvalue weighted by molar-refractivity contribution is 5.92. The van der Waals surface area contributed by atoms with Gasteiger partial charge in [0, 0.05) is 30.6 Å². The molecular formula is C19H25F3N2O2. The van der Waals surface area contributed by atoms with Crippen LogP contribution in [0.15, 0.2) is 24.3 Å². The van der Waals surface area contributed by atoms with Crippen LogP contribution in [0.1, 0.15) is 45.1 Å². The number of nitrogens with zero attached hydrogens (tertiary/aromatic N) is 1. The van der Waals surface area contributed by atoms with Gasteiger partial charge in [0.2, 0.25) is 11.8 Å². The number of anilines is 1. The van der Waals surface area contributed by atoms with Crippen molar-refractivity contribution in [3.8, 4) is 0 Å². The number of alkyl halides is 3. The van der Waals surface area contributed by atoms with Gasteiger partial charge in [0.25, 0.3) is 0 Å². The molecule has 0 spiro atoms. The molecule has 0 heterocycles. The molecule has 2 amide bonds. The lowest BCUT2D eigenvalue weighted by molar-refractivity contribution is -0.138. The minimum atomic E-state index is -4.44. The molecule has 1 saturated carbocycles. The molecule has 1 aromatic carbocycles. The normalized spacial score (nSPS) is 20.5. The summed E-state index contributed by atoms with van der Waals surface area (Å²) in [7, 11) is 0. The first kappa shape index (κ1) is 20.3. The second-order valence-corrected chi connectivity index (χ2v) is 6.63. The molecule has 0 unspecified atom stereocenters. The number of hydrogen-bond donors (Lipinski definition) is 1. The molecule has 1 aliphatic rings. The minimum Gasteiger partial charge on any atom is -0.343 e. The van der Waals surface area contributed by atoms with Gasteiger partial charge in [0.15, 0.2) is 0 Å². The van der Waals surface area contributed by atoms with E-state index in [1.54, 1.807) is 4.90 Å². The lowest BCUT2D eigenvalue weighted by atomic mass is 9.81. The average molecular weight is 370 g/mol. The number of nitrogens with one attached hydrogen (secondary N) is 1. The first-order valence-electron chi connectivity index (χ1n) is 9.03. The Labute approximate surface area is 151 Å². The van der Waals surface area contributed by atoms with Gasteiger partial charge in [-0.2, -0.15) is 13.2 Å². The fraction of sp³-hybridized carbons (Fsp3) is 0.579. The Morgan fingerprint density at radius 2 is 1.65 bits per heavy atom. The number of halogens is 3. The maximum atomic E-state index is 12.8. The Morgan fingerprint density at radius 1 is 1.08 bits per heavy atom. The number of hydrogen-bond acceptors (Lipinski definition) is 2. The molecule has 4 nitrogen and oxygen atoms in total. The zero-order valence-corrected chi connectivity index (χ0v) is 15.1. The number of rotatable bonds is 5. The van der Waals surface area contributed by atoms with Crippen molar-refractivity contribution < 1.29 is 22.8 Å². The molecule has 144 valence electrons. The van der Waals surface area contributed by atoms with Crippen LogP contribution in [0.3, 0.4) is 0 Å². The van der Waals surface area contributed by atoms with E-state index in [2.05, 4.69) is 5.32 Å². The Morgan fingerprint density at radius 3 is 2.19 bits per heavy atom. The van der Waals surface area contributed by atoms with Crippen LogP contribution < -0.4 is 5.32 Å². The molecule has 0 aromatic heterocycles. The van der Waals surface area contributed by atoms with Crippen molar-refractivity contribution in [2.75, 3.05) is 18.4 Å². The highest BCUT2D eigenvalue weighted by Crippen LogP contribution is 2.33. The molecular weight excluding hydrogens is 345 g/mol. The highest BCUT2D eigenvalue weighted by atomic mass is 19.4. The fourth-order valence-corrected chi connectivity index (χ4v) is 3.41. The first-order valence-corrected chi connectivity index (χ1v) is 9.03. The zero-order chi connectivity index (χ0) is 19.3. The van der Waals surface area contributed by atoms with E-state index in [0.717, 1.165) is 12.1 Å². The van der Waals surface area contributed by atoms with Crippen LogP contribution in [-0.2, 0) is 15.8 Å². The Hall–Kier alpha value is -2.05. The van der Waals surface area contributed by atoms with Gasteiger partial charge in [0.1, 0.15) is 0 Å². The van der Waals surface area contributed by atoms with E-state index >= 15 is 0 Å². The topological polar surface area (TPSA) is 49.4 Å². The number of carbonyl (C=O) groups excluding carboxylic acids is 2. The number of benzene rings is 1. The van der Waals surface area contributed by atoms with E-state index in [1.165, 1.54) is 12.1 Å². The van der Waals surface area contributed by atoms with Crippen LogP contribution in [0.5, 0.6) is 0 Å². The van der Waals surface area contributed by atoms with Gasteiger partial charge in [-0.05, 0) is 57.7 Å². The van der Waals surface area contributed by atoms with Crippen molar-refractivity contribution in [2.24, 2.45) is 11.8 Å². The van der Waals surface area contributed by atoms with Crippen molar-refractivity contribution in [1.82, 2.24) is 4.90 Å². The molecule has 26 heavy (non-hydrogen) atoms. The predicted molar refractivity (Wildman–Crippen MR) is 93.4 cm³/mol. The third-order valence-electron chi connectivity index (χ3n) is 4.98. The maximum absolute atomic E-state index is 12.8. The third-order valence-corrected chi connectivity index (χ3v) is 4.98. The fourth-order valence-electron chi connectivity index (χ4n) is 3.41. The Bertz CT molecular complexity index is 634. The second-order valence-electron chi connectivity index (χ2n) is 6.63. The summed E-state index contributed by atoms with van der Waals surface area (Å²) in [4.78, 5) is 26.5. The van der Waals surface area contributed by atoms with Gasteiger partial charge in [-0.1, -0.05) is 6.07 Å². The second kappa shape index (κ2) is 8.56. The van der Waals surface area contributed by atoms with Crippen LogP contribution in [0.4, 0.5) is 18.9 Å². The molecule has 0 saturated heterocycles. The largest absolute Gasteiger partial charge is 0.416 e. The van der Waals surface area contributed by atoms with Crippen LogP contribution in [0.2, 0.25) is 0 Å². The molecule has 0 atom stereocenters. The SMILES string of the molecule is CCN(CC)C(=O)C1CCC(C(=O)Nc2cccc(C(F)(F)F)c2)CC1. The first-order chi connectivity index (χ1) is 12.3. The summed E-state index contributed by atoms with van der Waals surface area (Å²) in [6, 6.07) is 4.63. The van der Waals surface area contributed by atoms with E-state index in [-0.39, 0.29) is 29.3 Å². The summed E-state index contributed by atoms with van der Waals surface area (Å²) in [6.45, 7) is 5.22. The molecule has 0 bridgehead atoms. The quantitative estimate of drug-likeness (QED) is 0.839. The zero-order valence-electron chi connectivity index (χ0n) is 15.1. The molecule has 1 aliphatic carbocycles. The monoisotopic (exact) mass is 370 g/mol. The van der Waals surface area contributed by atoms with Gasteiger partial charge < -0.3 is 10.2 Å². The molecule has 7 heteroatoms. The molecule has 1 fully saturated rings. The maximum Gasteiger partial charge on any atom is 0.416 e. The van der Waals surface area contributed by atoms with Crippen molar-refractivity contribution in [2.45, 2.75) is 45.7 Å². The van der Waals surface area contributed by atoms with Crippen molar-refractivity contribution >= 4 is 17.5 Å². The Kier molecular flexibility index (Phi) is 6.67. The van der Waals surface area contributed by atoms with Crippen molar-refractivity contribution in [3.05, 3.63) is 29.8 Å². The summed E-state index contributed by atoms with van der Waals surface area (Å²) in [5, 5.41) is 2.58. The average Bonchev–Trinajstić information content (AvgIpc) is 2.62. The molecule has 0 radical (unpaired) electrons. The summed E-state index contributed by atoms with van der Waals surface area (Å²) in [5.41, 5.74) is -0.644. The predicted octanol–water partition coefficient (Wildman–Crippen LogP) is 4.32. The summed E-state index contributed by atoms with van der Waals surface area (Å²) in [5.74, 6) is -0.484. The summed E-state index contributed by atoms with van der Waals surface area (Å²) < 4.78 is 38.3. The summed E-state index contributed by atoms with van der Waals surface area (Å²) >= 11 is 0. The van der Waals surface area contributed by atoms with Gasteiger partial charge in [-0.25, -0.2) is 0 Å². The van der Waals surface area contributed by atoms with Gasteiger partial charge in [0.05, 0.1) is 5.56 Å². The minimum absolute atomic E-state index is 0.0625. The van der Waals surface area contributed by atoms with Crippen molar-refractivity contribution in [3.63, 3.8) is 0 Å². The molecule has 2 rings (SSSR count). The van der Waals surface area contributed by atoms with Crippen LogP contribution in [0.25, 0.3) is 0 Å². The standard InChI is InChI=1S/C19H25F3N2O2/c1-3-24(4-2)18(26)14-10-8-13(9-11-14)17(25)23-16-7-5-6-15(12-16)19(20,21)22/h5-7,12-14H,3-4,8-11H2,1-2H3,(H,23,25). The summed E-state index contributed by atoms with van der Waals surface area (Å²) in [6.07, 6.45) is -2.03. The van der Waals surface area contributed by atoms with Gasteiger partial charge in [-0.3, -0.25) is 9.59 Å². The van der Waals surface area contributed by atoms with E-state index in [0.29, 0.717) is 38.8 Å². The third kappa shape index (κ3) is 4.99. The highest BCUT2D eigenvalue weighted by Gasteiger charge is 2.33. The number of amides is 2. The van der Waals surface area contributed by atoms with E-state index in [1.807, 2.05) is 13.8 Å². The molecule has 1 aromatic rings. The van der Waals surface area contributed by atoms with Crippen LogP contribution in [-0.4, -0.2) is 29.8 Å². The van der Waals surface area contributed by atoms with Gasteiger partial charge in [-0.15, -0.1) is 0 Å². The van der Waals surface area contributed by atoms with E-state index in [4.69, 9.17) is 0 Å². The lowest BCUT2D eigenvalue weighted by Gasteiger charge is -2.30. The lowest BCUT2D eigenvalue weighted by Crippen LogP contribution is -2.38. The number of carbonyl (C=O) groups is 2. The van der Waals surface area contributed by atoms with Crippen molar-refractivity contribution in [1.29, 1.82) is 0 Å². The van der Waals surface area contributed by atoms with Crippen LogP contribution >= 0.6 is 0 Å².